The zero-order chi connectivity index (χ0) is 21.6. The van der Waals surface area contributed by atoms with Gasteiger partial charge in [-0.2, -0.15) is 0 Å². The molecule has 0 aromatic heterocycles. The van der Waals surface area contributed by atoms with Crippen molar-refractivity contribution in [3.8, 4) is 0 Å². The summed E-state index contributed by atoms with van der Waals surface area (Å²) >= 11 is -0.495. The fourth-order valence-corrected chi connectivity index (χ4v) is 6.67. The molecule has 1 atom stereocenters. The van der Waals surface area contributed by atoms with Crippen molar-refractivity contribution >= 4 is 21.7 Å². The van der Waals surface area contributed by atoms with Crippen LogP contribution in [0.4, 0.5) is 5.69 Å². The molecule has 30 heavy (non-hydrogen) atoms. The Bertz CT molecular complexity index is 967. The molecule has 8 heteroatoms. The van der Waals surface area contributed by atoms with E-state index in [-0.39, 0.29) is 11.7 Å². The van der Waals surface area contributed by atoms with Crippen LogP contribution < -0.4 is 34.5 Å². The number of carbonyl (C=O) groups excluding carboxylic acids is 1. The number of ketones is 1. The molecule has 1 aliphatic rings. The quantitative estimate of drug-likeness (QED) is 0.234. The molecule has 0 radical (unpaired) electrons. The molecule has 1 heterocycles. The summed E-state index contributed by atoms with van der Waals surface area (Å²) in [7, 11) is -3.57. The van der Waals surface area contributed by atoms with E-state index in [1.807, 2.05) is 48.5 Å². The molecule has 0 saturated heterocycles. The van der Waals surface area contributed by atoms with Crippen molar-refractivity contribution in [3.05, 3.63) is 65.2 Å². The minimum atomic E-state index is -3.57. The summed E-state index contributed by atoms with van der Waals surface area (Å²) in [6, 6.07) is 15.7. The third-order valence-electron chi connectivity index (χ3n) is 5.34. The predicted octanol–water partition coefficient (Wildman–Crippen LogP) is -0.773. The van der Waals surface area contributed by atoms with E-state index in [9.17, 15) is 13.2 Å². The van der Waals surface area contributed by atoms with E-state index >= 15 is 0 Å². The van der Waals surface area contributed by atoms with Crippen LogP contribution in [0.25, 0.3) is 0 Å². The molecule has 2 aromatic rings. The zero-order valence-corrected chi connectivity index (χ0v) is 20.2. The molecular weight excluding hydrogens is 513 g/mol. The van der Waals surface area contributed by atoms with Crippen LogP contribution in [0, 0.1) is 5.92 Å². The number of hydrogen-bond donors (Lipinski definition) is 2. The van der Waals surface area contributed by atoms with Crippen molar-refractivity contribution in [2.24, 2.45) is 9.86 Å². The molecule has 3 N–H and O–H groups in total. The van der Waals surface area contributed by atoms with Crippen LogP contribution in [0.15, 0.2) is 48.5 Å². The molecule has 0 unspecified atom stereocenters. The number of carbonyl (C=O) groups is 1. The monoisotopic (exact) mass is 542 g/mol. The van der Waals surface area contributed by atoms with Crippen molar-refractivity contribution in [1.29, 1.82) is 0 Å². The SMILES string of the molecule is CCNS(=O)(=O)N1CCCc2c(CC(=O)[C@@H](C[I-]N)Cc3ccccc3)cccc21. The van der Waals surface area contributed by atoms with Gasteiger partial charge in [0.1, 0.15) is 0 Å². The number of anilines is 1. The second-order valence-corrected chi connectivity index (χ2v) is 10.9. The van der Waals surface area contributed by atoms with Gasteiger partial charge in [0.25, 0.3) is 0 Å². The molecule has 0 amide bonds. The maximum atomic E-state index is 13.2. The summed E-state index contributed by atoms with van der Waals surface area (Å²) in [5, 5.41) is 0. The number of benzene rings is 2. The molecule has 164 valence electrons. The van der Waals surface area contributed by atoms with Crippen molar-refractivity contribution in [2.75, 3.05) is 21.8 Å². The Morgan fingerprint density at radius 1 is 1.20 bits per heavy atom. The number of fused-ring (bicyclic) bond motifs is 1. The van der Waals surface area contributed by atoms with Gasteiger partial charge < -0.3 is 0 Å². The normalized spacial score (nSPS) is 15.1. The van der Waals surface area contributed by atoms with Crippen LogP contribution in [-0.4, -0.2) is 31.7 Å². The molecule has 0 saturated carbocycles. The zero-order valence-electron chi connectivity index (χ0n) is 17.2. The number of nitrogens with zero attached hydrogens (tertiary/aromatic N) is 1. The first kappa shape index (κ1) is 23.2. The summed E-state index contributed by atoms with van der Waals surface area (Å²) in [5.74, 6) is 0.0929. The summed E-state index contributed by atoms with van der Waals surface area (Å²) in [6.45, 7) is 2.56. The van der Waals surface area contributed by atoms with Gasteiger partial charge in [-0.1, -0.05) is 0 Å². The van der Waals surface area contributed by atoms with E-state index in [1.165, 1.54) is 4.31 Å². The Morgan fingerprint density at radius 3 is 2.67 bits per heavy atom. The number of alkyl halides is 1. The first-order valence-electron chi connectivity index (χ1n) is 10.2. The summed E-state index contributed by atoms with van der Waals surface area (Å²) in [6.07, 6.45) is 2.54. The van der Waals surface area contributed by atoms with E-state index in [2.05, 4.69) is 4.72 Å². The molecule has 2 aromatic carbocycles. The van der Waals surface area contributed by atoms with Crippen molar-refractivity contribution in [2.45, 2.75) is 32.6 Å². The molecule has 0 bridgehead atoms. The van der Waals surface area contributed by atoms with Crippen molar-refractivity contribution in [3.63, 3.8) is 0 Å². The van der Waals surface area contributed by atoms with E-state index in [1.54, 1.807) is 6.92 Å². The molecule has 0 spiro atoms. The van der Waals surface area contributed by atoms with Gasteiger partial charge in [-0.15, -0.1) is 0 Å². The van der Waals surface area contributed by atoms with Crippen LogP contribution in [0.2, 0.25) is 0 Å². The van der Waals surface area contributed by atoms with Crippen LogP contribution in [-0.2, 0) is 34.3 Å². The Kier molecular flexibility index (Phi) is 8.27. The molecule has 1 aliphatic heterocycles. The number of hydrogen-bond acceptors (Lipinski definition) is 4. The van der Waals surface area contributed by atoms with Crippen LogP contribution in [0.3, 0.4) is 0 Å². The second kappa shape index (κ2) is 10.7. The Hall–Kier alpha value is -1.49. The van der Waals surface area contributed by atoms with Gasteiger partial charge in [0.05, 0.1) is 0 Å². The summed E-state index contributed by atoms with van der Waals surface area (Å²) in [5.41, 5.74) is 3.74. The van der Waals surface area contributed by atoms with Crippen molar-refractivity contribution < 1.29 is 34.7 Å². The molecule has 6 nitrogen and oxygen atoms in total. The number of nitrogens with one attached hydrogen (secondary N) is 1. The average molecular weight is 542 g/mol. The Morgan fingerprint density at radius 2 is 1.97 bits per heavy atom. The van der Waals surface area contributed by atoms with Gasteiger partial charge in [0.15, 0.2) is 0 Å². The van der Waals surface area contributed by atoms with E-state index in [0.29, 0.717) is 31.6 Å². The van der Waals surface area contributed by atoms with Gasteiger partial charge in [-0.05, 0) is 0 Å². The van der Waals surface area contributed by atoms with E-state index < -0.39 is 31.7 Å². The van der Waals surface area contributed by atoms with Gasteiger partial charge in [-0.25, -0.2) is 0 Å². The van der Waals surface area contributed by atoms with Gasteiger partial charge in [0.2, 0.25) is 0 Å². The first-order valence-corrected chi connectivity index (χ1v) is 14.4. The molecule has 0 fully saturated rings. The maximum absolute atomic E-state index is 13.2. The van der Waals surface area contributed by atoms with E-state index in [0.717, 1.165) is 34.0 Å². The third kappa shape index (κ3) is 5.60. The third-order valence-corrected chi connectivity index (χ3v) is 8.53. The number of halogens is 1. The second-order valence-electron chi connectivity index (χ2n) is 7.43. The summed E-state index contributed by atoms with van der Waals surface area (Å²) in [4.78, 5) is 13.2. The number of Topliss-reactive ketones (excluding diaryl/α,β-unsaturated/α-hetero) is 1. The van der Waals surface area contributed by atoms with Gasteiger partial charge >= 0.3 is 191 Å². The molecular formula is C22H29IN3O3S-. The average Bonchev–Trinajstić information content (AvgIpc) is 2.74. The Balaban J connectivity index is 1.83. The van der Waals surface area contributed by atoms with Crippen LogP contribution >= 0.6 is 0 Å². The Labute approximate surface area is 190 Å². The van der Waals surface area contributed by atoms with Crippen LogP contribution in [0.5, 0.6) is 0 Å². The predicted molar refractivity (Wildman–Crippen MR) is 116 cm³/mol. The molecule has 3 rings (SSSR count). The number of rotatable bonds is 10. The fourth-order valence-electron chi connectivity index (χ4n) is 3.93. The van der Waals surface area contributed by atoms with Gasteiger partial charge in [-0.3, -0.25) is 0 Å². The van der Waals surface area contributed by atoms with Gasteiger partial charge in [0, 0.05) is 0 Å². The van der Waals surface area contributed by atoms with Crippen molar-refractivity contribution in [1.82, 2.24) is 4.72 Å². The summed E-state index contributed by atoms with van der Waals surface area (Å²) < 4.78 is 35.9. The molecule has 0 aliphatic carbocycles. The topological polar surface area (TPSA) is 92.5 Å². The number of nitrogens with two attached hydrogens (primary N) is 1. The first-order chi connectivity index (χ1) is 14.5. The fraction of sp³-hybridized carbons (Fsp3) is 0.409. The minimum absolute atomic E-state index is 0.0914. The van der Waals surface area contributed by atoms with Crippen LogP contribution in [0.1, 0.15) is 30.0 Å². The van der Waals surface area contributed by atoms with E-state index in [4.69, 9.17) is 3.95 Å². The standard InChI is InChI=1S/C22H29IN3O3S/c1-2-25-30(28,29)26-13-7-11-20-18(10-6-12-21(20)26)15-22(27)19(16-23-24)14-17-8-4-3-5-9-17/h3-6,8-10,12,19,25H,2,7,11,13-16,24H2,1H3/q-1/t19-/m1/s1.